The first kappa shape index (κ1) is 26.4. The second kappa shape index (κ2) is 10.5. The average molecular weight is 582 g/mol. The topological polar surface area (TPSA) is 73.6 Å². The van der Waals surface area contributed by atoms with Crippen molar-refractivity contribution in [3.05, 3.63) is 142 Å². The summed E-state index contributed by atoms with van der Waals surface area (Å²) in [5, 5.41) is 6.80. The lowest BCUT2D eigenvalue weighted by molar-refractivity contribution is 0.630. The van der Waals surface area contributed by atoms with E-state index in [1.807, 2.05) is 30.1 Å². The van der Waals surface area contributed by atoms with Crippen LogP contribution in [-0.4, -0.2) is 32.6 Å². The number of H-pyrrole nitrogens is 1. The van der Waals surface area contributed by atoms with E-state index in [0.717, 1.165) is 81.8 Å². The van der Waals surface area contributed by atoms with Gasteiger partial charge in [0.25, 0.3) is 0 Å². The highest BCUT2D eigenvalue weighted by atomic mass is 19.1. The van der Waals surface area contributed by atoms with Crippen LogP contribution >= 0.6 is 0 Å². The largest absolute Gasteiger partial charge is 0.379 e. The minimum atomic E-state index is -0.271. The molecule has 8 rings (SSSR count). The Morgan fingerprint density at radius 2 is 1.80 bits per heavy atom. The van der Waals surface area contributed by atoms with Gasteiger partial charge in [-0.25, -0.2) is 14.4 Å². The summed E-state index contributed by atoms with van der Waals surface area (Å²) < 4.78 is 17.8. The summed E-state index contributed by atoms with van der Waals surface area (Å²) >= 11 is 0. The molecular formula is C36H32FN7. The second-order valence-corrected chi connectivity index (χ2v) is 11.7. The first-order valence-electron chi connectivity index (χ1n) is 14.9. The number of hydrogen-bond donors (Lipinski definition) is 3. The van der Waals surface area contributed by atoms with Gasteiger partial charge in [-0.1, -0.05) is 54.1 Å². The summed E-state index contributed by atoms with van der Waals surface area (Å²) in [6.07, 6.45) is 10.2. The van der Waals surface area contributed by atoms with E-state index >= 15 is 4.39 Å². The third kappa shape index (κ3) is 4.83. The lowest BCUT2D eigenvalue weighted by Crippen LogP contribution is -2.13. The molecule has 1 saturated heterocycles. The van der Waals surface area contributed by atoms with Crippen molar-refractivity contribution in [1.82, 2.24) is 24.8 Å². The van der Waals surface area contributed by atoms with Crippen LogP contribution in [0, 0.1) is 19.7 Å². The van der Waals surface area contributed by atoms with Crippen molar-refractivity contribution in [3.8, 4) is 11.1 Å². The smallest absolute Gasteiger partial charge is 0.161 e. The zero-order valence-corrected chi connectivity index (χ0v) is 24.7. The van der Waals surface area contributed by atoms with Gasteiger partial charge < -0.3 is 25.1 Å². The zero-order chi connectivity index (χ0) is 29.8. The summed E-state index contributed by atoms with van der Waals surface area (Å²) in [6, 6.07) is 20.5. The maximum Gasteiger partial charge on any atom is 0.161 e. The molecule has 3 aromatic carbocycles. The fourth-order valence-electron chi connectivity index (χ4n) is 6.21. The van der Waals surface area contributed by atoms with Gasteiger partial charge in [-0.15, -0.1) is 0 Å². The van der Waals surface area contributed by atoms with Gasteiger partial charge in [-0.2, -0.15) is 0 Å². The predicted octanol–water partition coefficient (Wildman–Crippen LogP) is 6.78. The minimum absolute atomic E-state index is 0.271. The molecular weight excluding hydrogens is 549 g/mol. The van der Waals surface area contributed by atoms with Crippen molar-refractivity contribution >= 4 is 22.8 Å². The van der Waals surface area contributed by atoms with E-state index in [-0.39, 0.29) is 5.82 Å². The van der Waals surface area contributed by atoms with Crippen LogP contribution in [0.4, 0.5) is 15.9 Å². The zero-order valence-electron chi connectivity index (χ0n) is 24.7. The van der Waals surface area contributed by atoms with Gasteiger partial charge in [0.15, 0.2) is 5.82 Å². The Hall–Kier alpha value is -5.21. The molecule has 0 saturated carbocycles. The fraction of sp³-hybridized carbons (Fsp3) is 0.167. The number of imidazole rings is 2. The van der Waals surface area contributed by atoms with Crippen molar-refractivity contribution in [1.29, 1.82) is 0 Å². The van der Waals surface area contributed by atoms with Crippen LogP contribution in [0.2, 0.25) is 0 Å². The maximum atomic E-state index is 15.8. The number of rotatable bonds is 7. The first-order chi connectivity index (χ1) is 21.5. The van der Waals surface area contributed by atoms with E-state index in [1.165, 1.54) is 11.3 Å². The van der Waals surface area contributed by atoms with Crippen LogP contribution in [0.5, 0.6) is 0 Å². The van der Waals surface area contributed by atoms with Crippen molar-refractivity contribution in [2.24, 2.45) is 0 Å². The van der Waals surface area contributed by atoms with Crippen LogP contribution in [0.15, 0.2) is 97.1 Å². The van der Waals surface area contributed by atoms with E-state index < -0.39 is 0 Å². The quantitative estimate of drug-likeness (QED) is 0.185. The number of aromatic nitrogens is 4. The highest BCUT2D eigenvalue weighted by Crippen LogP contribution is 2.42. The monoisotopic (exact) mass is 581 g/mol. The lowest BCUT2D eigenvalue weighted by Gasteiger charge is -2.21. The Morgan fingerprint density at radius 3 is 2.64 bits per heavy atom. The van der Waals surface area contributed by atoms with Gasteiger partial charge in [-0.3, -0.25) is 0 Å². The van der Waals surface area contributed by atoms with Gasteiger partial charge >= 0.3 is 0 Å². The number of halogens is 1. The fourth-order valence-corrected chi connectivity index (χ4v) is 6.21. The van der Waals surface area contributed by atoms with Gasteiger partial charge in [0.05, 0.1) is 30.0 Å². The Bertz CT molecular complexity index is 2010. The number of fused-ring (bicyclic) bond motifs is 4. The van der Waals surface area contributed by atoms with E-state index in [4.69, 9.17) is 4.98 Å². The third-order valence-corrected chi connectivity index (χ3v) is 8.38. The number of aryl methyl sites for hydroxylation is 2. The molecule has 0 aliphatic carbocycles. The third-order valence-electron chi connectivity index (χ3n) is 8.38. The lowest BCUT2D eigenvalue weighted by atomic mass is 9.93. The summed E-state index contributed by atoms with van der Waals surface area (Å²) in [7, 11) is 0. The van der Waals surface area contributed by atoms with Crippen LogP contribution < -0.4 is 15.5 Å². The molecule has 0 spiro atoms. The molecule has 0 bridgehead atoms. The van der Waals surface area contributed by atoms with Crippen molar-refractivity contribution in [3.63, 3.8) is 0 Å². The summed E-state index contributed by atoms with van der Waals surface area (Å²) in [6.45, 7) is 6.95. The van der Waals surface area contributed by atoms with Gasteiger partial charge in [0, 0.05) is 42.7 Å². The van der Waals surface area contributed by atoms with Gasteiger partial charge in [-0.05, 0) is 66.5 Å². The van der Waals surface area contributed by atoms with Crippen molar-refractivity contribution < 1.29 is 4.39 Å². The van der Waals surface area contributed by atoms with Crippen molar-refractivity contribution in [2.45, 2.75) is 26.9 Å². The van der Waals surface area contributed by atoms with Gasteiger partial charge in [0.1, 0.15) is 17.3 Å². The summed E-state index contributed by atoms with van der Waals surface area (Å²) in [4.78, 5) is 15.3. The molecule has 0 unspecified atom stereocenters. The standard InChI is InChI=1S/C36H32FN7/c1-22-12-25(18-38-17-24-6-4-3-5-7-24)14-26(13-22)27-15-30-29(10-11-39-33(30)31(37)16-27)35-41-34-32(43-19-23(2)40-21-43)9-8-28-20-44(28)36(34)42-35/h3-10,12-16,19,21,38-39H,11,17-18,20H2,1-2H3,(H,41,42). The molecule has 2 aromatic heterocycles. The number of nitrogens with zero attached hydrogens (tertiary/aromatic N) is 4. The van der Waals surface area contributed by atoms with E-state index in [0.29, 0.717) is 12.2 Å². The number of nitrogens with one attached hydrogen (secondary N) is 3. The molecule has 3 aliphatic heterocycles. The molecule has 44 heavy (non-hydrogen) atoms. The summed E-state index contributed by atoms with van der Waals surface area (Å²) in [5.41, 5.74) is 11.6. The molecule has 3 N–H and O–H groups in total. The molecule has 7 nitrogen and oxygen atoms in total. The molecule has 0 atom stereocenters. The highest BCUT2D eigenvalue weighted by Gasteiger charge is 2.35. The van der Waals surface area contributed by atoms with Crippen molar-refractivity contribution in [2.75, 3.05) is 23.3 Å². The minimum Gasteiger partial charge on any atom is -0.379 e. The molecule has 5 heterocycles. The number of benzene rings is 3. The first-order valence-corrected chi connectivity index (χ1v) is 14.9. The molecule has 1 fully saturated rings. The van der Waals surface area contributed by atoms with E-state index in [9.17, 15) is 0 Å². The van der Waals surface area contributed by atoms with Crippen LogP contribution in [0.1, 0.15) is 39.5 Å². The summed E-state index contributed by atoms with van der Waals surface area (Å²) in [5.74, 6) is 1.33. The number of allylic oxidation sites excluding steroid dienone is 2. The molecule has 5 aromatic rings. The normalized spacial score (nSPS) is 14.9. The maximum absolute atomic E-state index is 15.8. The number of hydrogen-bond acceptors (Lipinski definition) is 5. The Labute approximate surface area is 255 Å². The molecule has 3 aliphatic rings. The molecule has 8 heteroatoms. The SMILES string of the molecule is Cc1cc(CNCc2ccccc2)cc(-c2cc(F)c3c(c2)C(c2nc4c([nH]2)C(n2cnc(C)c2)=CC=C2CN24)=CCN3)c1. The predicted molar refractivity (Wildman–Crippen MR) is 173 cm³/mol. The van der Waals surface area contributed by atoms with Gasteiger partial charge in [0.2, 0.25) is 0 Å². The van der Waals surface area contributed by atoms with Crippen LogP contribution in [0.25, 0.3) is 22.4 Å². The Morgan fingerprint density at radius 1 is 0.955 bits per heavy atom. The Balaban J connectivity index is 1.13. The average Bonchev–Trinajstić information content (AvgIpc) is 3.51. The van der Waals surface area contributed by atoms with E-state index in [2.05, 4.69) is 99.2 Å². The number of anilines is 2. The molecule has 0 amide bonds. The van der Waals surface area contributed by atoms with Crippen LogP contribution in [-0.2, 0) is 13.1 Å². The Kier molecular flexibility index (Phi) is 6.31. The van der Waals surface area contributed by atoms with E-state index in [1.54, 1.807) is 6.07 Å². The van der Waals surface area contributed by atoms with Crippen LogP contribution in [0.3, 0.4) is 0 Å². The second-order valence-electron chi connectivity index (χ2n) is 11.7. The molecule has 0 radical (unpaired) electrons. The molecule has 218 valence electrons. The highest BCUT2D eigenvalue weighted by molar-refractivity contribution is 5.91. The number of aromatic amines is 1.